The van der Waals surface area contributed by atoms with Crippen molar-refractivity contribution in [3.05, 3.63) is 28.8 Å². The number of nitrogens with one attached hydrogen (secondary N) is 1. The molecule has 0 unspecified atom stereocenters. The maximum absolute atomic E-state index is 10.9. The van der Waals surface area contributed by atoms with Gasteiger partial charge in [0, 0.05) is 12.2 Å². The van der Waals surface area contributed by atoms with E-state index in [1.807, 2.05) is 26.8 Å². The van der Waals surface area contributed by atoms with Gasteiger partial charge in [-0.2, -0.15) is 0 Å². The molecule has 0 aliphatic carbocycles. The minimum absolute atomic E-state index is 0.376. The van der Waals surface area contributed by atoms with Gasteiger partial charge in [0.15, 0.2) is 0 Å². The lowest BCUT2D eigenvalue weighted by atomic mass is 10.0. The van der Waals surface area contributed by atoms with Crippen LogP contribution < -0.4 is 5.32 Å². The summed E-state index contributed by atoms with van der Waals surface area (Å²) in [6.07, 6.45) is 0. The van der Waals surface area contributed by atoms with E-state index in [4.69, 9.17) is 5.11 Å². The van der Waals surface area contributed by atoms with E-state index < -0.39 is 5.97 Å². The second-order valence-electron chi connectivity index (χ2n) is 3.30. The molecule has 0 atom stereocenters. The summed E-state index contributed by atoms with van der Waals surface area (Å²) in [5, 5.41) is 12.1. The highest BCUT2D eigenvalue weighted by Gasteiger charge is 2.10. The van der Waals surface area contributed by atoms with Crippen molar-refractivity contribution in [3.63, 3.8) is 0 Å². The van der Waals surface area contributed by atoms with Crippen molar-refractivity contribution in [2.24, 2.45) is 0 Å². The fraction of sp³-hybridized carbons (Fsp3) is 0.364. The molecule has 1 rings (SSSR count). The molecule has 0 radical (unpaired) electrons. The van der Waals surface area contributed by atoms with Gasteiger partial charge in [0.2, 0.25) is 0 Å². The lowest BCUT2D eigenvalue weighted by Gasteiger charge is -2.09. The monoisotopic (exact) mass is 193 g/mol. The Morgan fingerprint density at radius 1 is 1.43 bits per heavy atom. The van der Waals surface area contributed by atoms with Crippen LogP contribution in [0.3, 0.4) is 0 Å². The molecule has 3 heteroatoms. The zero-order valence-electron chi connectivity index (χ0n) is 8.72. The molecule has 1 aromatic rings. The maximum atomic E-state index is 10.9. The highest BCUT2D eigenvalue weighted by atomic mass is 16.4. The highest BCUT2D eigenvalue weighted by molar-refractivity contribution is 5.91. The number of rotatable bonds is 3. The van der Waals surface area contributed by atoms with Crippen molar-refractivity contribution in [1.29, 1.82) is 0 Å². The second-order valence-corrected chi connectivity index (χ2v) is 3.30. The first-order chi connectivity index (χ1) is 6.56. The molecular weight excluding hydrogens is 178 g/mol. The van der Waals surface area contributed by atoms with E-state index in [9.17, 15) is 4.79 Å². The van der Waals surface area contributed by atoms with Gasteiger partial charge in [0.1, 0.15) is 0 Å². The molecule has 0 saturated heterocycles. The summed E-state index contributed by atoms with van der Waals surface area (Å²) in [4.78, 5) is 10.9. The standard InChI is InChI=1S/C11H15NO2/c1-4-12-9-5-7(2)8(3)10(6-9)11(13)14/h5-6,12H,4H2,1-3H3,(H,13,14). The van der Waals surface area contributed by atoms with Crippen LogP contribution in [0.15, 0.2) is 12.1 Å². The molecule has 14 heavy (non-hydrogen) atoms. The van der Waals surface area contributed by atoms with Gasteiger partial charge in [-0.25, -0.2) is 4.79 Å². The number of hydrogen-bond acceptors (Lipinski definition) is 2. The number of carboxylic acids is 1. The lowest BCUT2D eigenvalue weighted by molar-refractivity contribution is 0.0696. The van der Waals surface area contributed by atoms with Crippen LogP contribution in [0.4, 0.5) is 5.69 Å². The van der Waals surface area contributed by atoms with Gasteiger partial charge in [-0.3, -0.25) is 0 Å². The van der Waals surface area contributed by atoms with Crippen LogP contribution >= 0.6 is 0 Å². The fourth-order valence-corrected chi connectivity index (χ4v) is 1.39. The van der Waals surface area contributed by atoms with Gasteiger partial charge in [0.25, 0.3) is 0 Å². The molecule has 0 bridgehead atoms. The molecule has 1 aromatic carbocycles. The van der Waals surface area contributed by atoms with E-state index in [0.717, 1.165) is 23.4 Å². The van der Waals surface area contributed by atoms with Crippen molar-refractivity contribution in [1.82, 2.24) is 0 Å². The normalized spacial score (nSPS) is 9.93. The molecule has 2 N–H and O–H groups in total. The minimum Gasteiger partial charge on any atom is -0.478 e. The Morgan fingerprint density at radius 3 is 2.57 bits per heavy atom. The SMILES string of the molecule is CCNc1cc(C)c(C)c(C(=O)O)c1. The Morgan fingerprint density at radius 2 is 2.07 bits per heavy atom. The minimum atomic E-state index is -0.870. The third-order valence-electron chi connectivity index (χ3n) is 2.28. The van der Waals surface area contributed by atoms with Crippen LogP contribution in [-0.4, -0.2) is 17.6 Å². The third kappa shape index (κ3) is 2.05. The average molecular weight is 193 g/mol. The Kier molecular flexibility index (Phi) is 3.12. The molecule has 76 valence electrons. The van der Waals surface area contributed by atoms with Gasteiger partial charge in [0.05, 0.1) is 5.56 Å². The number of carbonyl (C=O) groups is 1. The Bertz CT molecular complexity index is 359. The van der Waals surface area contributed by atoms with E-state index >= 15 is 0 Å². The summed E-state index contributed by atoms with van der Waals surface area (Å²) in [6, 6.07) is 3.64. The third-order valence-corrected chi connectivity index (χ3v) is 2.28. The van der Waals surface area contributed by atoms with Gasteiger partial charge in [-0.15, -0.1) is 0 Å². The summed E-state index contributed by atoms with van der Waals surface area (Å²) in [7, 11) is 0. The zero-order valence-corrected chi connectivity index (χ0v) is 8.72. The summed E-state index contributed by atoms with van der Waals surface area (Å²) in [5.41, 5.74) is 3.08. The maximum Gasteiger partial charge on any atom is 0.336 e. The van der Waals surface area contributed by atoms with Crippen molar-refractivity contribution >= 4 is 11.7 Å². The van der Waals surface area contributed by atoms with Crippen LogP contribution in [0, 0.1) is 13.8 Å². The lowest BCUT2D eigenvalue weighted by Crippen LogP contribution is -2.04. The number of benzene rings is 1. The molecular formula is C11H15NO2. The van der Waals surface area contributed by atoms with E-state index in [0.29, 0.717) is 5.56 Å². The summed E-state index contributed by atoms with van der Waals surface area (Å²) >= 11 is 0. The van der Waals surface area contributed by atoms with Crippen LogP contribution in [-0.2, 0) is 0 Å². The number of anilines is 1. The summed E-state index contributed by atoms with van der Waals surface area (Å²) in [5.74, 6) is -0.870. The van der Waals surface area contributed by atoms with E-state index in [2.05, 4.69) is 5.32 Å². The summed E-state index contributed by atoms with van der Waals surface area (Å²) < 4.78 is 0. The molecule has 0 heterocycles. The van der Waals surface area contributed by atoms with Crippen molar-refractivity contribution in [3.8, 4) is 0 Å². The molecule has 0 aromatic heterocycles. The molecule has 0 aliphatic rings. The number of hydrogen-bond donors (Lipinski definition) is 2. The first-order valence-corrected chi connectivity index (χ1v) is 4.64. The van der Waals surface area contributed by atoms with Crippen LogP contribution in [0.25, 0.3) is 0 Å². The number of aryl methyl sites for hydroxylation is 1. The first-order valence-electron chi connectivity index (χ1n) is 4.64. The Hall–Kier alpha value is -1.51. The van der Waals surface area contributed by atoms with Crippen molar-refractivity contribution < 1.29 is 9.90 Å². The Labute approximate surface area is 83.8 Å². The molecule has 0 saturated carbocycles. The van der Waals surface area contributed by atoms with Crippen molar-refractivity contribution in [2.75, 3.05) is 11.9 Å². The van der Waals surface area contributed by atoms with Gasteiger partial charge in [-0.1, -0.05) is 0 Å². The largest absolute Gasteiger partial charge is 0.478 e. The van der Waals surface area contributed by atoms with Gasteiger partial charge >= 0.3 is 5.97 Å². The second kappa shape index (κ2) is 4.13. The first kappa shape index (κ1) is 10.6. The molecule has 3 nitrogen and oxygen atoms in total. The average Bonchev–Trinajstić information content (AvgIpc) is 2.11. The molecule has 0 fully saturated rings. The van der Waals surface area contributed by atoms with Crippen molar-refractivity contribution in [2.45, 2.75) is 20.8 Å². The number of aromatic carboxylic acids is 1. The van der Waals surface area contributed by atoms with E-state index in [1.54, 1.807) is 6.07 Å². The van der Waals surface area contributed by atoms with Crippen LogP contribution in [0.5, 0.6) is 0 Å². The molecule has 0 spiro atoms. The topological polar surface area (TPSA) is 49.3 Å². The Balaban J connectivity index is 3.21. The smallest absolute Gasteiger partial charge is 0.336 e. The van der Waals surface area contributed by atoms with Gasteiger partial charge < -0.3 is 10.4 Å². The molecule has 0 amide bonds. The van der Waals surface area contributed by atoms with E-state index in [1.165, 1.54) is 0 Å². The predicted octanol–water partition coefficient (Wildman–Crippen LogP) is 2.43. The highest BCUT2D eigenvalue weighted by Crippen LogP contribution is 2.19. The fourth-order valence-electron chi connectivity index (χ4n) is 1.39. The molecule has 0 aliphatic heterocycles. The van der Waals surface area contributed by atoms with Gasteiger partial charge in [-0.05, 0) is 44.0 Å². The number of carboxylic acid groups (broad SMARTS) is 1. The quantitative estimate of drug-likeness (QED) is 0.775. The van der Waals surface area contributed by atoms with Crippen LogP contribution in [0.2, 0.25) is 0 Å². The van der Waals surface area contributed by atoms with Crippen LogP contribution in [0.1, 0.15) is 28.4 Å². The predicted molar refractivity (Wildman–Crippen MR) is 57.0 cm³/mol. The van der Waals surface area contributed by atoms with E-state index in [-0.39, 0.29) is 0 Å². The summed E-state index contributed by atoms with van der Waals surface area (Å²) in [6.45, 7) is 6.52. The zero-order chi connectivity index (χ0) is 10.7.